The fourth-order valence-electron chi connectivity index (χ4n) is 1.83. The van der Waals surface area contributed by atoms with Crippen LogP contribution in [-0.2, 0) is 6.42 Å². The Balaban J connectivity index is 2.36. The summed E-state index contributed by atoms with van der Waals surface area (Å²) in [5.74, 6) is 0. The number of aromatic nitrogens is 1. The van der Waals surface area contributed by atoms with E-state index >= 15 is 0 Å². The summed E-state index contributed by atoms with van der Waals surface area (Å²) in [5.41, 5.74) is 2.44. The molecule has 1 unspecified atom stereocenters. The van der Waals surface area contributed by atoms with Crippen molar-refractivity contribution >= 4 is 22.5 Å². The number of para-hydroxylation sites is 1. The summed E-state index contributed by atoms with van der Waals surface area (Å²) in [4.78, 5) is 4.37. The average molecular weight is 248 g/mol. The fourth-order valence-corrected chi connectivity index (χ4v) is 2.00. The summed E-state index contributed by atoms with van der Waals surface area (Å²) < 4.78 is 0. The largest absolute Gasteiger partial charge is 0.256 e. The third-order valence-electron chi connectivity index (χ3n) is 3.08. The normalized spacial score (nSPS) is 13.9. The van der Waals surface area contributed by atoms with Crippen LogP contribution in [-0.4, -0.2) is 10.4 Å². The minimum Gasteiger partial charge on any atom is -0.256 e. The Morgan fingerprint density at radius 3 is 2.59 bits per heavy atom. The van der Waals surface area contributed by atoms with E-state index in [0.717, 1.165) is 11.9 Å². The first-order valence-corrected chi connectivity index (χ1v) is 6.39. The summed E-state index contributed by atoms with van der Waals surface area (Å²) in [6.45, 7) is 6.52. The molecule has 0 bridgehead atoms. The minimum absolute atomic E-state index is 0.117. The number of hydrogen-bond acceptors (Lipinski definition) is 1. The topological polar surface area (TPSA) is 12.9 Å². The van der Waals surface area contributed by atoms with Crippen molar-refractivity contribution in [2.45, 2.75) is 32.6 Å². The summed E-state index contributed by atoms with van der Waals surface area (Å²) in [6, 6.07) is 10.3. The molecule has 0 saturated carbocycles. The van der Waals surface area contributed by atoms with Crippen LogP contribution in [0.1, 0.15) is 26.3 Å². The Labute approximate surface area is 108 Å². The number of alkyl halides is 1. The quantitative estimate of drug-likeness (QED) is 0.716. The van der Waals surface area contributed by atoms with Crippen molar-refractivity contribution in [1.29, 1.82) is 0 Å². The Morgan fingerprint density at radius 2 is 1.88 bits per heavy atom. The molecule has 0 saturated heterocycles. The van der Waals surface area contributed by atoms with E-state index in [9.17, 15) is 0 Å². The van der Waals surface area contributed by atoms with E-state index in [2.05, 4.69) is 37.9 Å². The van der Waals surface area contributed by atoms with Crippen molar-refractivity contribution in [2.24, 2.45) is 5.41 Å². The SMILES string of the molecule is CC(C)(C)C(Cl)Cc1ccnc2ccccc12. The highest BCUT2D eigenvalue weighted by Crippen LogP contribution is 2.29. The number of hydrogen-bond donors (Lipinski definition) is 0. The predicted octanol–water partition coefficient (Wildman–Crippen LogP) is 4.43. The van der Waals surface area contributed by atoms with Gasteiger partial charge in [-0.15, -0.1) is 11.6 Å². The average Bonchev–Trinajstić information content (AvgIpc) is 2.28. The first-order chi connectivity index (χ1) is 7.98. The van der Waals surface area contributed by atoms with E-state index in [1.807, 2.05) is 24.4 Å². The number of rotatable bonds is 2. The maximum Gasteiger partial charge on any atom is 0.0704 e. The zero-order valence-corrected chi connectivity index (χ0v) is 11.3. The Hall–Kier alpha value is -1.08. The van der Waals surface area contributed by atoms with Gasteiger partial charge in [0, 0.05) is 17.0 Å². The van der Waals surface area contributed by atoms with Crippen molar-refractivity contribution in [1.82, 2.24) is 4.98 Å². The van der Waals surface area contributed by atoms with E-state index in [1.54, 1.807) is 0 Å². The zero-order valence-electron chi connectivity index (χ0n) is 10.6. The maximum absolute atomic E-state index is 6.47. The lowest BCUT2D eigenvalue weighted by Gasteiger charge is -2.25. The number of benzene rings is 1. The van der Waals surface area contributed by atoms with E-state index in [0.29, 0.717) is 0 Å². The van der Waals surface area contributed by atoms with Crippen molar-refractivity contribution in [3.63, 3.8) is 0 Å². The fraction of sp³-hybridized carbons (Fsp3) is 0.400. The zero-order chi connectivity index (χ0) is 12.5. The maximum atomic E-state index is 6.47. The van der Waals surface area contributed by atoms with Crippen molar-refractivity contribution in [3.8, 4) is 0 Å². The van der Waals surface area contributed by atoms with Crippen LogP contribution in [0.2, 0.25) is 0 Å². The summed E-state index contributed by atoms with van der Waals surface area (Å²) in [6.07, 6.45) is 2.75. The molecule has 1 atom stereocenters. The molecule has 17 heavy (non-hydrogen) atoms. The van der Waals surface area contributed by atoms with Gasteiger partial charge >= 0.3 is 0 Å². The van der Waals surface area contributed by atoms with Crippen LogP contribution >= 0.6 is 11.6 Å². The number of fused-ring (bicyclic) bond motifs is 1. The molecule has 2 heteroatoms. The van der Waals surface area contributed by atoms with E-state index in [-0.39, 0.29) is 10.8 Å². The summed E-state index contributed by atoms with van der Waals surface area (Å²) >= 11 is 6.47. The standard InChI is InChI=1S/C15H18ClN/c1-15(2,3)14(16)10-11-8-9-17-13-7-5-4-6-12(11)13/h4-9,14H,10H2,1-3H3. The molecule has 2 aromatic rings. The van der Waals surface area contributed by atoms with E-state index in [1.165, 1.54) is 10.9 Å². The molecule has 0 N–H and O–H groups in total. The highest BCUT2D eigenvalue weighted by atomic mass is 35.5. The van der Waals surface area contributed by atoms with Crippen molar-refractivity contribution in [2.75, 3.05) is 0 Å². The number of halogens is 1. The van der Waals surface area contributed by atoms with Gasteiger partial charge in [0.2, 0.25) is 0 Å². The third-order valence-corrected chi connectivity index (χ3v) is 3.89. The van der Waals surface area contributed by atoms with Gasteiger partial charge in [0.25, 0.3) is 0 Å². The molecule has 0 aliphatic carbocycles. The van der Waals surface area contributed by atoms with E-state index in [4.69, 9.17) is 11.6 Å². The molecule has 1 heterocycles. The van der Waals surface area contributed by atoms with Gasteiger partial charge in [-0.3, -0.25) is 4.98 Å². The van der Waals surface area contributed by atoms with Gasteiger partial charge in [0.1, 0.15) is 0 Å². The van der Waals surface area contributed by atoms with E-state index < -0.39 is 0 Å². The molecule has 0 amide bonds. The van der Waals surface area contributed by atoms with Crippen molar-refractivity contribution < 1.29 is 0 Å². The molecule has 0 spiro atoms. The van der Waals surface area contributed by atoms with Crippen molar-refractivity contribution in [3.05, 3.63) is 42.1 Å². The van der Waals surface area contributed by atoms with Crippen LogP contribution in [0.25, 0.3) is 10.9 Å². The van der Waals surface area contributed by atoms with Gasteiger partial charge in [-0.05, 0) is 29.5 Å². The first-order valence-electron chi connectivity index (χ1n) is 5.95. The smallest absolute Gasteiger partial charge is 0.0704 e. The van der Waals surface area contributed by atoms with Gasteiger partial charge in [-0.1, -0.05) is 39.0 Å². The molecule has 90 valence electrons. The first kappa shape index (κ1) is 12.4. The lowest BCUT2D eigenvalue weighted by Crippen LogP contribution is -2.23. The number of nitrogens with zero attached hydrogens (tertiary/aromatic N) is 1. The number of pyridine rings is 1. The van der Waals surface area contributed by atoms with Gasteiger partial charge in [0.15, 0.2) is 0 Å². The summed E-state index contributed by atoms with van der Waals surface area (Å²) in [5, 5.41) is 1.35. The van der Waals surface area contributed by atoms with Gasteiger partial charge in [-0.25, -0.2) is 0 Å². The predicted molar refractivity (Wildman–Crippen MR) is 74.5 cm³/mol. The highest BCUT2D eigenvalue weighted by molar-refractivity contribution is 6.21. The molecule has 0 radical (unpaired) electrons. The second kappa shape index (κ2) is 4.66. The summed E-state index contributed by atoms with van der Waals surface area (Å²) in [7, 11) is 0. The molecule has 0 aliphatic heterocycles. The lowest BCUT2D eigenvalue weighted by molar-refractivity contribution is 0.387. The lowest BCUT2D eigenvalue weighted by atomic mass is 9.87. The monoisotopic (exact) mass is 247 g/mol. The molecule has 1 aromatic heterocycles. The third kappa shape index (κ3) is 2.78. The van der Waals surface area contributed by atoms with Crippen LogP contribution in [0.15, 0.2) is 36.5 Å². The minimum atomic E-state index is 0.117. The van der Waals surface area contributed by atoms with Crippen LogP contribution in [0.5, 0.6) is 0 Å². The molecular formula is C15H18ClN. The highest BCUT2D eigenvalue weighted by Gasteiger charge is 2.22. The second-order valence-corrected chi connectivity index (χ2v) is 6.05. The van der Waals surface area contributed by atoms with Gasteiger partial charge in [-0.2, -0.15) is 0 Å². The van der Waals surface area contributed by atoms with Crippen LogP contribution in [0, 0.1) is 5.41 Å². The van der Waals surface area contributed by atoms with Gasteiger partial charge in [0.05, 0.1) is 5.52 Å². The van der Waals surface area contributed by atoms with Gasteiger partial charge < -0.3 is 0 Å². The molecule has 1 aromatic carbocycles. The molecular weight excluding hydrogens is 230 g/mol. The molecule has 2 rings (SSSR count). The Morgan fingerprint density at radius 1 is 1.18 bits per heavy atom. The Bertz CT molecular complexity index is 508. The second-order valence-electron chi connectivity index (χ2n) is 5.52. The Kier molecular flexibility index (Phi) is 3.39. The van der Waals surface area contributed by atoms with Crippen LogP contribution in [0.3, 0.4) is 0 Å². The molecule has 0 aliphatic rings. The van der Waals surface area contributed by atoms with Crippen LogP contribution < -0.4 is 0 Å². The molecule has 0 fully saturated rings. The molecule has 1 nitrogen and oxygen atoms in total. The van der Waals surface area contributed by atoms with Crippen LogP contribution in [0.4, 0.5) is 0 Å².